The molecule has 0 aliphatic heterocycles. The van der Waals surface area contributed by atoms with Crippen LogP contribution in [0.15, 0.2) is 48.7 Å². The van der Waals surface area contributed by atoms with Crippen LogP contribution in [-0.2, 0) is 6.54 Å². The molecule has 3 heterocycles. The van der Waals surface area contributed by atoms with E-state index in [4.69, 9.17) is 11.6 Å². The van der Waals surface area contributed by atoms with E-state index in [1.807, 2.05) is 25.1 Å². The van der Waals surface area contributed by atoms with Gasteiger partial charge in [0.2, 0.25) is 0 Å². The van der Waals surface area contributed by atoms with E-state index >= 15 is 0 Å². The van der Waals surface area contributed by atoms with Crippen LogP contribution in [0.2, 0.25) is 5.02 Å². The third-order valence-electron chi connectivity index (χ3n) is 3.92. The molecule has 0 saturated heterocycles. The van der Waals surface area contributed by atoms with Crippen molar-refractivity contribution >= 4 is 39.0 Å². The lowest BCUT2D eigenvalue weighted by atomic mass is 10.2. The van der Waals surface area contributed by atoms with Gasteiger partial charge in [-0.15, -0.1) is 11.3 Å². The summed E-state index contributed by atoms with van der Waals surface area (Å²) in [6.07, 6.45) is 1.71. The maximum atomic E-state index is 13.1. The molecule has 4 nitrogen and oxygen atoms in total. The number of pyridine rings is 1. The molecule has 0 fully saturated rings. The standard InChI is InChI=1S/C19H14ClFN4S/c1-11-16(20)15-18(23-10-12-5-7-13(21)8-6-12)24-17(25-19(15)26-11)14-4-2-3-9-22-14/h2-9H,10H2,1H3,(H,23,24,25). The molecule has 0 unspecified atom stereocenters. The Morgan fingerprint density at radius 1 is 1.12 bits per heavy atom. The van der Waals surface area contributed by atoms with Crippen molar-refractivity contribution < 1.29 is 4.39 Å². The molecule has 0 radical (unpaired) electrons. The van der Waals surface area contributed by atoms with Crippen molar-refractivity contribution in [3.05, 3.63) is 69.9 Å². The molecule has 0 spiro atoms. The molecular formula is C19H14ClFN4S. The number of fused-ring (bicyclic) bond motifs is 1. The van der Waals surface area contributed by atoms with Crippen molar-refractivity contribution in [1.29, 1.82) is 0 Å². The fourth-order valence-electron chi connectivity index (χ4n) is 2.60. The van der Waals surface area contributed by atoms with Crippen LogP contribution in [0.1, 0.15) is 10.4 Å². The summed E-state index contributed by atoms with van der Waals surface area (Å²) in [5, 5.41) is 4.76. The molecule has 0 aliphatic carbocycles. The van der Waals surface area contributed by atoms with Gasteiger partial charge in [-0.3, -0.25) is 4.98 Å². The maximum absolute atomic E-state index is 13.1. The van der Waals surface area contributed by atoms with Crippen molar-refractivity contribution in [3.8, 4) is 11.5 Å². The highest BCUT2D eigenvalue weighted by Gasteiger charge is 2.17. The van der Waals surface area contributed by atoms with Crippen LogP contribution in [0.4, 0.5) is 10.2 Å². The Kier molecular flexibility index (Phi) is 4.53. The van der Waals surface area contributed by atoms with Gasteiger partial charge in [0.1, 0.15) is 22.2 Å². The minimum Gasteiger partial charge on any atom is -0.365 e. The predicted octanol–water partition coefficient (Wildman–Crippen LogP) is 5.47. The van der Waals surface area contributed by atoms with E-state index < -0.39 is 0 Å². The van der Waals surface area contributed by atoms with Crippen LogP contribution in [0, 0.1) is 12.7 Å². The molecule has 7 heteroatoms. The van der Waals surface area contributed by atoms with Gasteiger partial charge in [-0.1, -0.05) is 29.8 Å². The summed E-state index contributed by atoms with van der Waals surface area (Å²) < 4.78 is 13.1. The second-order valence-electron chi connectivity index (χ2n) is 5.74. The highest BCUT2D eigenvalue weighted by Crippen LogP contribution is 2.38. The van der Waals surface area contributed by atoms with Gasteiger partial charge in [0.25, 0.3) is 0 Å². The van der Waals surface area contributed by atoms with E-state index in [1.54, 1.807) is 18.3 Å². The summed E-state index contributed by atoms with van der Waals surface area (Å²) >= 11 is 8.00. The van der Waals surface area contributed by atoms with Gasteiger partial charge >= 0.3 is 0 Å². The monoisotopic (exact) mass is 384 g/mol. The zero-order valence-corrected chi connectivity index (χ0v) is 15.4. The van der Waals surface area contributed by atoms with Gasteiger partial charge < -0.3 is 5.32 Å². The first-order chi connectivity index (χ1) is 12.6. The van der Waals surface area contributed by atoms with E-state index in [0.29, 0.717) is 28.9 Å². The van der Waals surface area contributed by atoms with E-state index in [9.17, 15) is 4.39 Å². The van der Waals surface area contributed by atoms with Gasteiger partial charge in [0.15, 0.2) is 5.82 Å². The lowest BCUT2D eigenvalue weighted by molar-refractivity contribution is 0.627. The third-order valence-corrected chi connectivity index (χ3v) is 5.50. The Labute approximate surface area is 158 Å². The Morgan fingerprint density at radius 3 is 2.65 bits per heavy atom. The van der Waals surface area contributed by atoms with E-state index in [-0.39, 0.29) is 5.82 Å². The molecule has 0 bridgehead atoms. The number of aryl methyl sites for hydroxylation is 1. The first kappa shape index (κ1) is 16.9. The van der Waals surface area contributed by atoms with E-state index in [1.165, 1.54) is 23.5 Å². The first-order valence-electron chi connectivity index (χ1n) is 7.98. The van der Waals surface area contributed by atoms with Crippen LogP contribution < -0.4 is 5.32 Å². The molecule has 0 saturated carbocycles. The Hall–Kier alpha value is -2.57. The van der Waals surface area contributed by atoms with Crippen LogP contribution in [0.3, 0.4) is 0 Å². The molecule has 4 aromatic rings. The maximum Gasteiger partial charge on any atom is 0.181 e. The molecule has 0 atom stereocenters. The average Bonchev–Trinajstić information content (AvgIpc) is 2.96. The second kappa shape index (κ2) is 6.97. The molecular weight excluding hydrogens is 371 g/mol. The highest BCUT2D eigenvalue weighted by atomic mass is 35.5. The number of rotatable bonds is 4. The minimum atomic E-state index is -0.257. The highest BCUT2D eigenvalue weighted by molar-refractivity contribution is 7.19. The van der Waals surface area contributed by atoms with Crippen molar-refractivity contribution in [3.63, 3.8) is 0 Å². The summed E-state index contributed by atoms with van der Waals surface area (Å²) in [4.78, 5) is 15.4. The van der Waals surface area contributed by atoms with E-state index in [2.05, 4.69) is 20.3 Å². The van der Waals surface area contributed by atoms with Crippen LogP contribution in [-0.4, -0.2) is 15.0 Å². The molecule has 0 aliphatic rings. The number of aromatic nitrogens is 3. The fourth-order valence-corrected chi connectivity index (χ4v) is 3.87. The zero-order chi connectivity index (χ0) is 18.1. The molecule has 0 amide bonds. The number of nitrogens with zero attached hydrogens (tertiary/aromatic N) is 3. The first-order valence-corrected chi connectivity index (χ1v) is 9.17. The summed E-state index contributed by atoms with van der Waals surface area (Å²) in [6, 6.07) is 12.0. The largest absolute Gasteiger partial charge is 0.365 e. The number of hydrogen-bond acceptors (Lipinski definition) is 5. The molecule has 4 rings (SSSR count). The number of thiophene rings is 1. The molecule has 26 heavy (non-hydrogen) atoms. The SMILES string of the molecule is Cc1sc2nc(-c3ccccn3)nc(NCc3ccc(F)cc3)c2c1Cl. The van der Waals surface area contributed by atoms with Gasteiger partial charge in [-0.05, 0) is 36.8 Å². The van der Waals surface area contributed by atoms with Crippen LogP contribution in [0.5, 0.6) is 0 Å². The van der Waals surface area contributed by atoms with Crippen LogP contribution in [0.25, 0.3) is 21.7 Å². The van der Waals surface area contributed by atoms with E-state index in [0.717, 1.165) is 20.7 Å². The predicted molar refractivity (Wildman–Crippen MR) is 104 cm³/mol. The number of anilines is 1. The zero-order valence-electron chi connectivity index (χ0n) is 13.8. The van der Waals surface area contributed by atoms with Gasteiger partial charge in [0.05, 0.1) is 10.4 Å². The van der Waals surface area contributed by atoms with Crippen molar-refractivity contribution in [2.45, 2.75) is 13.5 Å². The molecule has 3 aromatic heterocycles. The fraction of sp³-hybridized carbons (Fsp3) is 0.105. The molecule has 1 N–H and O–H groups in total. The van der Waals surface area contributed by atoms with Crippen LogP contribution >= 0.6 is 22.9 Å². The Balaban J connectivity index is 1.76. The molecule has 130 valence electrons. The third kappa shape index (κ3) is 3.25. The Bertz CT molecular complexity index is 1060. The normalized spacial score (nSPS) is 11.0. The minimum absolute atomic E-state index is 0.257. The second-order valence-corrected chi connectivity index (χ2v) is 7.32. The van der Waals surface area contributed by atoms with Gasteiger partial charge in [-0.25, -0.2) is 14.4 Å². The number of benzene rings is 1. The van der Waals surface area contributed by atoms with Gasteiger partial charge in [0, 0.05) is 17.6 Å². The van der Waals surface area contributed by atoms with Crippen molar-refractivity contribution in [2.75, 3.05) is 5.32 Å². The Morgan fingerprint density at radius 2 is 1.92 bits per heavy atom. The summed E-state index contributed by atoms with van der Waals surface area (Å²) in [5.74, 6) is 0.930. The smallest absolute Gasteiger partial charge is 0.181 e. The lowest BCUT2D eigenvalue weighted by Crippen LogP contribution is -2.04. The van der Waals surface area contributed by atoms with Crippen molar-refractivity contribution in [1.82, 2.24) is 15.0 Å². The quantitative estimate of drug-likeness (QED) is 0.507. The van der Waals surface area contributed by atoms with Gasteiger partial charge in [-0.2, -0.15) is 0 Å². The number of hydrogen-bond donors (Lipinski definition) is 1. The average molecular weight is 385 g/mol. The summed E-state index contributed by atoms with van der Waals surface area (Å²) in [6.45, 7) is 2.46. The summed E-state index contributed by atoms with van der Waals surface area (Å²) in [5.41, 5.74) is 1.64. The summed E-state index contributed by atoms with van der Waals surface area (Å²) in [7, 11) is 0. The number of halogens is 2. The van der Waals surface area contributed by atoms with Crippen molar-refractivity contribution in [2.24, 2.45) is 0 Å². The number of nitrogens with one attached hydrogen (secondary N) is 1. The topological polar surface area (TPSA) is 50.7 Å². The molecule has 1 aromatic carbocycles. The lowest BCUT2D eigenvalue weighted by Gasteiger charge is -2.09.